The fraction of sp³-hybridized carbons (Fsp3) is 0.375. The van der Waals surface area contributed by atoms with E-state index in [1.165, 1.54) is 28.2 Å². The summed E-state index contributed by atoms with van der Waals surface area (Å²) in [7, 11) is 4.37. The molecule has 3 nitrogen and oxygen atoms in total. The van der Waals surface area contributed by atoms with Crippen molar-refractivity contribution < 1.29 is 4.58 Å². The first-order valence-electron chi connectivity index (χ1n) is 9.89. The van der Waals surface area contributed by atoms with E-state index in [1.54, 1.807) is 0 Å². The first kappa shape index (κ1) is 18.0. The van der Waals surface area contributed by atoms with Gasteiger partial charge >= 0.3 is 0 Å². The van der Waals surface area contributed by atoms with E-state index in [0.717, 1.165) is 26.2 Å². The molecule has 0 unspecified atom stereocenters. The number of hydrogen-bond acceptors (Lipinski definition) is 2. The van der Waals surface area contributed by atoms with Crippen molar-refractivity contribution in [3.05, 3.63) is 65.7 Å². The van der Waals surface area contributed by atoms with E-state index in [1.807, 2.05) is 0 Å². The zero-order valence-electron chi connectivity index (χ0n) is 16.9. The Hall–Kier alpha value is -2.39. The molecule has 2 heterocycles. The number of allylic oxidation sites excluding steroid dienone is 1. The molecule has 4 rings (SSSR count). The minimum absolute atomic E-state index is 0.0294. The molecule has 1 fully saturated rings. The second-order valence-electron chi connectivity index (χ2n) is 8.30. The zero-order chi connectivity index (χ0) is 19.0. The number of fused-ring (bicyclic) bond motifs is 1. The van der Waals surface area contributed by atoms with E-state index in [4.69, 9.17) is 0 Å². The molecule has 140 valence electrons. The van der Waals surface area contributed by atoms with E-state index in [9.17, 15) is 0 Å². The van der Waals surface area contributed by atoms with Crippen LogP contribution < -0.4 is 4.90 Å². The molecule has 3 heteroatoms. The van der Waals surface area contributed by atoms with E-state index in [2.05, 4.69) is 103 Å². The Bertz CT molecular complexity index is 882. The molecule has 0 radical (unpaired) electrons. The molecule has 0 atom stereocenters. The quantitative estimate of drug-likeness (QED) is 0.761. The van der Waals surface area contributed by atoms with Crippen molar-refractivity contribution in [3.8, 4) is 0 Å². The Balaban J connectivity index is 1.53. The standard InChI is InChI=1S/C24H30N3/c1-24(2)21-7-5-6-8-22(21)26(4)23(24)14-11-19-9-12-20(13-10-19)27-17-15-25(3)16-18-27/h5-14H,15-18H2,1-4H3/q+1. The molecule has 0 saturated carbocycles. The number of benzene rings is 2. The maximum absolute atomic E-state index is 2.48. The molecular formula is C24H30N3+. The molecule has 2 aromatic carbocycles. The van der Waals surface area contributed by atoms with Crippen molar-refractivity contribution in [3.63, 3.8) is 0 Å². The Labute approximate surface area is 163 Å². The molecule has 0 aromatic heterocycles. The van der Waals surface area contributed by atoms with E-state index < -0.39 is 0 Å². The predicted octanol–water partition coefficient (Wildman–Crippen LogP) is 4.16. The topological polar surface area (TPSA) is 9.49 Å². The Kier molecular flexibility index (Phi) is 4.65. The van der Waals surface area contributed by atoms with Gasteiger partial charge < -0.3 is 9.80 Å². The second-order valence-corrected chi connectivity index (χ2v) is 8.30. The zero-order valence-corrected chi connectivity index (χ0v) is 16.9. The highest BCUT2D eigenvalue weighted by Gasteiger charge is 2.42. The van der Waals surface area contributed by atoms with Gasteiger partial charge in [0.1, 0.15) is 7.05 Å². The van der Waals surface area contributed by atoms with Gasteiger partial charge in [-0.25, -0.2) is 0 Å². The summed E-state index contributed by atoms with van der Waals surface area (Å²) in [5.41, 5.74) is 6.66. The fourth-order valence-corrected chi connectivity index (χ4v) is 4.34. The largest absolute Gasteiger partial charge is 0.369 e. The van der Waals surface area contributed by atoms with Gasteiger partial charge in [-0.05, 0) is 44.7 Å². The van der Waals surface area contributed by atoms with Crippen LogP contribution in [0, 0.1) is 0 Å². The number of anilines is 1. The van der Waals surface area contributed by atoms with E-state index in [0.29, 0.717) is 0 Å². The van der Waals surface area contributed by atoms with Crippen molar-refractivity contribution in [1.29, 1.82) is 0 Å². The normalized spacial score (nSPS) is 19.8. The van der Waals surface area contributed by atoms with Crippen LogP contribution >= 0.6 is 0 Å². The highest BCUT2D eigenvalue weighted by Crippen LogP contribution is 2.39. The number of nitrogens with zero attached hydrogens (tertiary/aromatic N) is 3. The maximum Gasteiger partial charge on any atom is 0.209 e. The van der Waals surface area contributed by atoms with E-state index >= 15 is 0 Å². The van der Waals surface area contributed by atoms with Crippen LogP contribution in [0.15, 0.2) is 54.6 Å². The molecule has 0 aliphatic carbocycles. The number of hydrogen-bond donors (Lipinski definition) is 0. The molecule has 0 spiro atoms. The molecule has 1 saturated heterocycles. The van der Waals surface area contributed by atoms with Gasteiger partial charge in [0.2, 0.25) is 5.69 Å². The predicted molar refractivity (Wildman–Crippen MR) is 116 cm³/mol. The molecule has 0 amide bonds. The molecule has 0 N–H and O–H groups in total. The summed E-state index contributed by atoms with van der Waals surface area (Å²) < 4.78 is 2.32. The highest BCUT2D eigenvalue weighted by atomic mass is 15.2. The molecule has 0 bridgehead atoms. The van der Waals surface area contributed by atoms with Crippen molar-refractivity contribution in [1.82, 2.24) is 4.90 Å². The summed E-state index contributed by atoms with van der Waals surface area (Å²) in [6.45, 7) is 9.13. The van der Waals surface area contributed by atoms with Crippen molar-refractivity contribution >= 4 is 23.2 Å². The smallest absolute Gasteiger partial charge is 0.209 e. The summed E-state index contributed by atoms with van der Waals surface area (Å²) in [5.74, 6) is 0. The Morgan fingerprint density at radius 3 is 2.22 bits per heavy atom. The number of piperazine rings is 1. The Morgan fingerprint density at radius 1 is 0.889 bits per heavy atom. The highest BCUT2D eigenvalue weighted by molar-refractivity contribution is 6.05. The van der Waals surface area contributed by atoms with Crippen molar-refractivity contribution in [2.45, 2.75) is 19.3 Å². The lowest BCUT2D eigenvalue weighted by molar-refractivity contribution is -0.401. The van der Waals surface area contributed by atoms with Gasteiger partial charge in [-0.15, -0.1) is 0 Å². The van der Waals surface area contributed by atoms with Gasteiger partial charge in [-0.2, -0.15) is 4.58 Å². The fourth-order valence-electron chi connectivity index (χ4n) is 4.34. The lowest BCUT2D eigenvalue weighted by Gasteiger charge is -2.34. The van der Waals surface area contributed by atoms with Crippen LogP contribution in [0.5, 0.6) is 0 Å². The van der Waals surface area contributed by atoms with Gasteiger partial charge in [0, 0.05) is 49.6 Å². The van der Waals surface area contributed by atoms with Crippen LogP contribution in [0.4, 0.5) is 11.4 Å². The number of rotatable bonds is 3. The lowest BCUT2D eigenvalue weighted by Crippen LogP contribution is -2.44. The van der Waals surface area contributed by atoms with Gasteiger partial charge in [-0.1, -0.05) is 30.3 Å². The average molecular weight is 361 g/mol. The lowest BCUT2D eigenvalue weighted by atomic mass is 9.81. The van der Waals surface area contributed by atoms with Crippen molar-refractivity contribution in [2.24, 2.45) is 0 Å². The minimum Gasteiger partial charge on any atom is -0.369 e. The first-order chi connectivity index (χ1) is 13.0. The monoisotopic (exact) mass is 360 g/mol. The summed E-state index contributed by atoms with van der Waals surface area (Å²) in [6, 6.07) is 17.7. The molecule has 2 aliphatic heterocycles. The summed E-state index contributed by atoms with van der Waals surface area (Å²) in [6.07, 6.45) is 4.53. The molecule has 2 aliphatic rings. The molecule has 27 heavy (non-hydrogen) atoms. The minimum atomic E-state index is 0.0294. The van der Waals surface area contributed by atoms with Crippen LogP contribution in [0.3, 0.4) is 0 Å². The summed E-state index contributed by atoms with van der Waals surface area (Å²) >= 11 is 0. The third-order valence-corrected chi connectivity index (χ3v) is 6.14. The third kappa shape index (κ3) is 3.32. The van der Waals surface area contributed by atoms with Gasteiger partial charge in [0.25, 0.3) is 0 Å². The van der Waals surface area contributed by atoms with Gasteiger partial charge in [-0.3, -0.25) is 0 Å². The number of para-hydroxylation sites is 1. The van der Waals surface area contributed by atoms with Crippen LogP contribution in [0.2, 0.25) is 0 Å². The molecule has 2 aromatic rings. The first-order valence-corrected chi connectivity index (χ1v) is 9.89. The van der Waals surface area contributed by atoms with Crippen LogP contribution in [0.1, 0.15) is 25.0 Å². The number of likely N-dealkylation sites (N-methyl/N-ethyl adjacent to an activating group) is 1. The van der Waals surface area contributed by atoms with Crippen LogP contribution in [0.25, 0.3) is 6.08 Å². The van der Waals surface area contributed by atoms with Crippen LogP contribution in [-0.2, 0) is 5.41 Å². The van der Waals surface area contributed by atoms with Crippen molar-refractivity contribution in [2.75, 3.05) is 45.2 Å². The SMILES string of the molecule is CN1CCN(c2ccc(/C=C/C3=[N+](C)c4ccccc4C3(C)C)cc2)CC1. The van der Waals surface area contributed by atoms with E-state index in [-0.39, 0.29) is 5.41 Å². The Morgan fingerprint density at radius 2 is 1.56 bits per heavy atom. The summed E-state index contributed by atoms with van der Waals surface area (Å²) in [5, 5.41) is 0. The molecular weight excluding hydrogens is 330 g/mol. The third-order valence-electron chi connectivity index (χ3n) is 6.14. The summed E-state index contributed by atoms with van der Waals surface area (Å²) in [4.78, 5) is 4.87. The average Bonchev–Trinajstić information content (AvgIpc) is 2.88. The second kappa shape index (κ2) is 6.97. The van der Waals surface area contributed by atoms with Crippen LogP contribution in [-0.4, -0.2) is 55.5 Å². The van der Waals surface area contributed by atoms with Gasteiger partial charge in [0.05, 0.1) is 5.41 Å². The van der Waals surface area contributed by atoms with Gasteiger partial charge in [0.15, 0.2) is 5.71 Å². The maximum atomic E-state index is 2.48.